The molecular weight excluding hydrogens is 474 g/mol. The minimum absolute atomic E-state index is 0.0788. The number of piperidine rings is 1. The van der Waals surface area contributed by atoms with Gasteiger partial charge in [-0.05, 0) is 56.7 Å². The number of aryl methyl sites for hydroxylation is 1. The van der Waals surface area contributed by atoms with E-state index in [9.17, 15) is 18.3 Å². The first-order valence-electron chi connectivity index (χ1n) is 10.3. The molecule has 166 valence electrons. The minimum Gasteiger partial charge on any atom is -0.480 e. The molecule has 2 aliphatic heterocycles. The van der Waals surface area contributed by atoms with Gasteiger partial charge in [0.2, 0.25) is 10.0 Å². The summed E-state index contributed by atoms with van der Waals surface area (Å²) in [5.41, 5.74) is 2.34. The van der Waals surface area contributed by atoms with Gasteiger partial charge < -0.3 is 14.6 Å². The van der Waals surface area contributed by atoms with E-state index in [4.69, 9.17) is 9.47 Å². The number of carboxylic acid groups (broad SMARTS) is 1. The molecule has 1 aromatic carbocycles. The topological polar surface area (TPSA) is 93.1 Å². The Morgan fingerprint density at radius 1 is 1.17 bits per heavy atom. The molecule has 3 atom stereocenters. The molecule has 1 aliphatic carbocycles. The van der Waals surface area contributed by atoms with Crippen LogP contribution in [-0.2, 0) is 24.3 Å². The third kappa shape index (κ3) is 3.62. The highest BCUT2D eigenvalue weighted by Gasteiger charge is 2.65. The molecule has 1 unspecified atom stereocenters. The second kappa shape index (κ2) is 7.55. The lowest BCUT2D eigenvalue weighted by atomic mass is 9.89. The molecule has 2 heterocycles. The van der Waals surface area contributed by atoms with Crippen molar-refractivity contribution in [1.29, 1.82) is 0 Å². The SMILES string of the molecule is Cc1cc(C2CCN(S(=O)(=O)C3(C(=O)O)C[C@@H]4OC(C)(C)O[C@@H]4C3)CC2)ccc1Br. The number of hydrogen-bond donors (Lipinski definition) is 1. The van der Waals surface area contributed by atoms with Gasteiger partial charge in [-0.25, -0.2) is 12.7 Å². The molecule has 9 heteroatoms. The van der Waals surface area contributed by atoms with Crippen molar-refractivity contribution in [3.05, 3.63) is 33.8 Å². The van der Waals surface area contributed by atoms with Crippen molar-refractivity contribution in [2.45, 2.75) is 75.1 Å². The number of nitrogens with zero attached hydrogens (tertiary/aromatic N) is 1. The predicted octanol–water partition coefficient (Wildman–Crippen LogP) is 3.40. The van der Waals surface area contributed by atoms with Crippen molar-refractivity contribution in [2.24, 2.45) is 0 Å². The summed E-state index contributed by atoms with van der Waals surface area (Å²) >= 11 is 3.51. The van der Waals surface area contributed by atoms with Gasteiger partial charge >= 0.3 is 5.97 Å². The summed E-state index contributed by atoms with van der Waals surface area (Å²) in [4.78, 5) is 12.2. The molecule has 2 saturated heterocycles. The van der Waals surface area contributed by atoms with E-state index in [1.807, 2.05) is 13.0 Å². The fourth-order valence-electron chi connectivity index (χ4n) is 5.08. The van der Waals surface area contributed by atoms with E-state index in [1.165, 1.54) is 9.87 Å². The second-order valence-electron chi connectivity index (χ2n) is 9.11. The van der Waals surface area contributed by atoms with Crippen LogP contribution in [0.25, 0.3) is 0 Å². The Balaban J connectivity index is 1.51. The Kier molecular flexibility index (Phi) is 5.59. The molecule has 0 bridgehead atoms. The zero-order valence-electron chi connectivity index (χ0n) is 17.4. The fraction of sp³-hybridized carbons (Fsp3) is 0.667. The average molecular weight is 502 g/mol. The first kappa shape index (κ1) is 22.2. The molecule has 0 spiro atoms. The van der Waals surface area contributed by atoms with Crippen LogP contribution >= 0.6 is 15.9 Å². The third-order valence-electron chi connectivity index (χ3n) is 6.68. The number of hydrogen-bond acceptors (Lipinski definition) is 5. The van der Waals surface area contributed by atoms with Crippen LogP contribution in [0.4, 0.5) is 0 Å². The van der Waals surface area contributed by atoms with Gasteiger partial charge in [-0.15, -0.1) is 0 Å². The van der Waals surface area contributed by atoms with Crippen molar-refractivity contribution in [2.75, 3.05) is 13.1 Å². The van der Waals surface area contributed by atoms with E-state index in [2.05, 4.69) is 28.1 Å². The first-order valence-corrected chi connectivity index (χ1v) is 12.5. The van der Waals surface area contributed by atoms with Crippen molar-refractivity contribution in [3.63, 3.8) is 0 Å². The highest BCUT2D eigenvalue weighted by atomic mass is 79.9. The lowest BCUT2D eigenvalue weighted by Crippen LogP contribution is -2.54. The molecule has 1 saturated carbocycles. The maximum absolute atomic E-state index is 13.5. The van der Waals surface area contributed by atoms with Gasteiger partial charge in [0.15, 0.2) is 10.5 Å². The summed E-state index contributed by atoms with van der Waals surface area (Å²) < 4.78 is 39.1. The molecule has 0 aromatic heterocycles. The Morgan fingerprint density at radius 2 is 1.73 bits per heavy atom. The maximum Gasteiger partial charge on any atom is 0.326 e. The first-order chi connectivity index (χ1) is 13.9. The van der Waals surface area contributed by atoms with E-state index < -0.39 is 38.7 Å². The molecule has 1 aromatic rings. The lowest BCUT2D eigenvalue weighted by molar-refractivity contribution is -0.159. The van der Waals surface area contributed by atoms with E-state index in [0.717, 1.165) is 10.0 Å². The Hall–Kier alpha value is -1.00. The molecule has 0 radical (unpaired) electrons. The van der Waals surface area contributed by atoms with Gasteiger partial charge in [0, 0.05) is 30.4 Å². The summed E-state index contributed by atoms with van der Waals surface area (Å²) in [6.45, 7) is 6.19. The Morgan fingerprint density at radius 3 is 2.23 bits per heavy atom. The van der Waals surface area contributed by atoms with Gasteiger partial charge in [0.1, 0.15) is 0 Å². The number of carboxylic acids is 1. The monoisotopic (exact) mass is 501 g/mol. The second-order valence-corrected chi connectivity index (χ2v) is 12.2. The van der Waals surface area contributed by atoms with E-state index in [0.29, 0.717) is 25.9 Å². The molecule has 3 aliphatic rings. The Bertz CT molecular complexity index is 938. The number of carbonyl (C=O) groups is 1. The van der Waals surface area contributed by atoms with Crippen LogP contribution in [0.1, 0.15) is 56.6 Å². The molecule has 7 nitrogen and oxygen atoms in total. The van der Waals surface area contributed by atoms with E-state index >= 15 is 0 Å². The standard InChI is InChI=1S/C21H28BrNO6S/c1-13-10-15(4-5-16(13)22)14-6-8-23(9-7-14)30(26,27)21(19(24)25)11-17-18(12-21)29-20(2,3)28-17/h4-5,10,14,17-18H,6-9,11-12H2,1-3H3,(H,24,25)/t17-,18+,21?. The van der Waals surface area contributed by atoms with Gasteiger partial charge in [0.25, 0.3) is 0 Å². The van der Waals surface area contributed by atoms with E-state index in [-0.39, 0.29) is 18.8 Å². The Labute approximate surface area is 185 Å². The normalized spacial score (nSPS) is 32.3. The zero-order valence-corrected chi connectivity index (χ0v) is 19.8. The molecule has 30 heavy (non-hydrogen) atoms. The molecule has 1 N–H and O–H groups in total. The number of ether oxygens (including phenoxy) is 2. The minimum atomic E-state index is -4.06. The number of benzene rings is 1. The summed E-state index contributed by atoms with van der Waals surface area (Å²) in [5, 5.41) is 9.98. The summed E-state index contributed by atoms with van der Waals surface area (Å²) in [7, 11) is -4.06. The van der Waals surface area contributed by atoms with Crippen LogP contribution in [0.3, 0.4) is 0 Å². The van der Waals surface area contributed by atoms with Gasteiger partial charge in [-0.3, -0.25) is 4.79 Å². The zero-order chi connectivity index (χ0) is 21.9. The fourth-order valence-corrected chi connectivity index (χ4v) is 7.49. The molecule has 4 rings (SSSR count). The number of fused-ring (bicyclic) bond motifs is 1. The van der Waals surface area contributed by atoms with Crippen molar-refractivity contribution < 1.29 is 27.8 Å². The number of sulfonamides is 1. The highest BCUT2D eigenvalue weighted by molar-refractivity contribution is 9.10. The number of halogens is 1. The average Bonchev–Trinajstić information content (AvgIpc) is 3.16. The quantitative estimate of drug-likeness (QED) is 0.679. The van der Waals surface area contributed by atoms with Crippen molar-refractivity contribution in [1.82, 2.24) is 4.31 Å². The van der Waals surface area contributed by atoms with Crippen molar-refractivity contribution >= 4 is 31.9 Å². The maximum atomic E-state index is 13.5. The molecular formula is C21H28BrNO6S. The number of rotatable bonds is 4. The smallest absolute Gasteiger partial charge is 0.326 e. The summed E-state index contributed by atoms with van der Waals surface area (Å²) in [6.07, 6.45) is 0.143. The van der Waals surface area contributed by atoms with Crippen LogP contribution < -0.4 is 0 Å². The highest BCUT2D eigenvalue weighted by Crippen LogP contribution is 2.48. The van der Waals surface area contributed by atoms with Crippen LogP contribution in [0, 0.1) is 6.92 Å². The van der Waals surface area contributed by atoms with Crippen LogP contribution in [-0.4, -0.2) is 59.6 Å². The summed E-state index contributed by atoms with van der Waals surface area (Å²) in [5.74, 6) is -1.86. The van der Waals surface area contributed by atoms with Crippen LogP contribution in [0.15, 0.2) is 22.7 Å². The predicted molar refractivity (Wildman–Crippen MR) is 115 cm³/mol. The molecule has 3 fully saturated rings. The van der Waals surface area contributed by atoms with E-state index in [1.54, 1.807) is 13.8 Å². The van der Waals surface area contributed by atoms with Gasteiger partial charge in [0.05, 0.1) is 12.2 Å². The van der Waals surface area contributed by atoms with Gasteiger partial charge in [-0.1, -0.05) is 28.1 Å². The van der Waals surface area contributed by atoms with Crippen molar-refractivity contribution in [3.8, 4) is 0 Å². The van der Waals surface area contributed by atoms with Crippen LogP contribution in [0.5, 0.6) is 0 Å². The molecule has 0 amide bonds. The largest absolute Gasteiger partial charge is 0.480 e. The van der Waals surface area contributed by atoms with Crippen LogP contribution in [0.2, 0.25) is 0 Å². The third-order valence-corrected chi connectivity index (χ3v) is 10.1. The summed E-state index contributed by atoms with van der Waals surface area (Å²) in [6, 6.07) is 6.22. The number of aliphatic carboxylic acids is 1. The lowest BCUT2D eigenvalue weighted by Gasteiger charge is -2.37. The van der Waals surface area contributed by atoms with Gasteiger partial charge in [-0.2, -0.15) is 0 Å².